The lowest BCUT2D eigenvalue weighted by atomic mass is 10.4. The molecule has 0 aromatic carbocycles. The molecule has 0 aliphatic carbocycles. The van der Waals surface area contributed by atoms with Gasteiger partial charge >= 0.3 is 6.03 Å². The number of aliphatic hydroxyl groups excluding tert-OH is 2. The van der Waals surface area contributed by atoms with E-state index in [1.165, 1.54) is 0 Å². The van der Waals surface area contributed by atoms with Crippen molar-refractivity contribution >= 4 is 23.7 Å². The minimum absolute atomic E-state index is 0.0776. The summed E-state index contributed by atoms with van der Waals surface area (Å²) in [6.45, 7) is 1.87. The Morgan fingerprint density at radius 2 is 2.13 bits per heavy atom. The van der Waals surface area contributed by atoms with Crippen molar-refractivity contribution < 1.29 is 19.8 Å². The number of hydrogen-bond donors (Lipinski definition) is 4. The van der Waals surface area contributed by atoms with Gasteiger partial charge < -0.3 is 15.5 Å². The Hall–Kier alpha value is -0.790. The molecular weight excluding hydrogens is 220 g/mol. The van der Waals surface area contributed by atoms with Gasteiger partial charge in [-0.15, -0.1) is 11.8 Å². The van der Waals surface area contributed by atoms with Gasteiger partial charge in [0, 0.05) is 12.3 Å². The van der Waals surface area contributed by atoms with Gasteiger partial charge in [-0.3, -0.25) is 10.1 Å². The van der Waals surface area contributed by atoms with E-state index in [1.807, 2.05) is 0 Å². The zero-order valence-corrected chi connectivity index (χ0v) is 9.34. The number of nitrogens with one attached hydrogen (secondary N) is 2. The van der Waals surface area contributed by atoms with Crippen molar-refractivity contribution in [1.29, 1.82) is 0 Å². The number of hydrogen-bond acceptors (Lipinski definition) is 5. The molecule has 0 aliphatic heterocycles. The highest BCUT2D eigenvalue weighted by Gasteiger charge is 2.08. The van der Waals surface area contributed by atoms with Crippen LogP contribution in [0.2, 0.25) is 0 Å². The molecule has 4 N–H and O–H groups in total. The molecule has 0 radical (unpaired) electrons. The van der Waals surface area contributed by atoms with E-state index in [2.05, 4.69) is 10.6 Å². The third-order valence-electron chi connectivity index (χ3n) is 1.34. The Morgan fingerprint density at radius 3 is 2.67 bits per heavy atom. The molecule has 0 rings (SSSR count). The molecule has 1 atom stereocenters. The molecule has 0 bridgehead atoms. The van der Waals surface area contributed by atoms with E-state index in [1.54, 1.807) is 6.92 Å². The number of urea groups is 1. The third kappa shape index (κ3) is 8.22. The molecule has 0 heterocycles. The molecule has 3 amide bonds. The van der Waals surface area contributed by atoms with Crippen LogP contribution >= 0.6 is 11.8 Å². The molecule has 15 heavy (non-hydrogen) atoms. The fourth-order valence-corrected chi connectivity index (χ4v) is 1.46. The summed E-state index contributed by atoms with van der Waals surface area (Å²) in [5.74, 6) is -0.0795. The predicted octanol–water partition coefficient (Wildman–Crippen LogP) is -1.08. The summed E-state index contributed by atoms with van der Waals surface area (Å²) in [7, 11) is 0. The van der Waals surface area contributed by atoms with Gasteiger partial charge in [-0.05, 0) is 6.92 Å². The van der Waals surface area contributed by atoms with Crippen molar-refractivity contribution in [2.24, 2.45) is 0 Å². The molecule has 0 aliphatic rings. The Bertz CT molecular complexity index is 213. The van der Waals surface area contributed by atoms with Crippen LogP contribution < -0.4 is 10.6 Å². The van der Waals surface area contributed by atoms with Crippen molar-refractivity contribution in [3.63, 3.8) is 0 Å². The molecule has 88 valence electrons. The first-order chi connectivity index (χ1) is 7.10. The van der Waals surface area contributed by atoms with Crippen molar-refractivity contribution in [2.45, 2.75) is 13.0 Å². The first-order valence-corrected chi connectivity index (χ1v) is 5.70. The highest BCUT2D eigenvalue weighted by Crippen LogP contribution is 2.01. The first kappa shape index (κ1) is 14.2. The van der Waals surface area contributed by atoms with Crippen LogP contribution in [-0.4, -0.2) is 52.9 Å². The normalized spacial score (nSPS) is 11.9. The summed E-state index contributed by atoms with van der Waals surface area (Å²) in [5, 5.41) is 22.0. The van der Waals surface area contributed by atoms with E-state index < -0.39 is 18.0 Å². The SMILES string of the molecule is CCNC(=O)NC(=O)CSCC(O)CO. The zero-order valence-electron chi connectivity index (χ0n) is 8.52. The standard InChI is InChI=1S/C8H16N2O4S/c1-2-9-8(14)10-7(13)5-15-4-6(12)3-11/h6,11-12H,2-5H2,1H3,(H2,9,10,13,14). The maximum Gasteiger partial charge on any atom is 0.321 e. The minimum atomic E-state index is -0.827. The van der Waals surface area contributed by atoms with Gasteiger partial charge in [0.15, 0.2) is 0 Å². The van der Waals surface area contributed by atoms with Gasteiger partial charge in [0.2, 0.25) is 5.91 Å². The molecule has 0 saturated carbocycles. The summed E-state index contributed by atoms with van der Waals surface area (Å²) >= 11 is 1.15. The topological polar surface area (TPSA) is 98.7 Å². The van der Waals surface area contributed by atoms with Crippen molar-refractivity contribution in [3.05, 3.63) is 0 Å². The molecule has 6 nitrogen and oxygen atoms in total. The largest absolute Gasteiger partial charge is 0.394 e. The molecule has 0 spiro atoms. The molecule has 7 heteroatoms. The fourth-order valence-electron chi connectivity index (χ4n) is 0.708. The average molecular weight is 236 g/mol. The molecular formula is C8H16N2O4S. The van der Waals surface area contributed by atoms with Gasteiger partial charge in [-0.2, -0.15) is 0 Å². The van der Waals surface area contributed by atoms with Crippen LogP contribution in [0.25, 0.3) is 0 Å². The number of imide groups is 1. The fraction of sp³-hybridized carbons (Fsp3) is 0.750. The van der Waals surface area contributed by atoms with Crippen LogP contribution in [0.4, 0.5) is 4.79 Å². The van der Waals surface area contributed by atoms with Gasteiger partial charge in [0.05, 0.1) is 18.5 Å². The minimum Gasteiger partial charge on any atom is -0.394 e. The highest BCUT2D eigenvalue weighted by molar-refractivity contribution is 7.99. The van der Waals surface area contributed by atoms with Gasteiger partial charge in [0.25, 0.3) is 0 Å². The summed E-state index contributed by atoms with van der Waals surface area (Å²) < 4.78 is 0. The van der Waals surface area contributed by atoms with E-state index in [9.17, 15) is 9.59 Å². The number of carbonyl (C=O) groups excluding carboxylic acids is 2. The first-order valence-electron chi connectivity index (χ1n) is 4.54. The number of thioether (sulfide) groups is 1. The Kier molecular flexibility index (Phi) is 8.06. The van der Waals surface area contributed by atoms with Gasteiger partial charge in [0.1, 0.15) is 0 Å². The van der Waals surface area contributed by atoms with Crippen LogP contribution in [-0.2, 0) is 4.79 Å². The van der Waals surface area contributed by atoms with E-state index in [0.29, 0.717) is 6.54 Å². The maximum absolute atomic E-state index is 11.1. The molecule has 0 aromatic heterocycles. The second-order valence-electron chi connectivity index (χ2n) is 2.76. The van der Waals surface area contributed by atoms with Crippen molar-refractivity contribution in [3.8, 4) is 0 Å². The van der Waals surface area contributed by atoms with Crippen molar-refractivity contribution in [1.82, 2.24) is 10.6 Å². The van der Waals surface area contributed by atoms with E-state index in [0.717, 1.165) is 11.8 Å². The van der Waals surface area contributed by atoms with E-state index in [-0.39, 0.29) is 18.1 Å². The third-order valence-corrected chi connectivity index (χ3v) is 2.43. The van der Waals surface area contributed by atoms with E-state index in [4.69, 9.17) is 10.2 Å². The van der Waals surface area contributed by atoms with Crippen molar-refractivity contribution in [2.75, 3.05) is 24.7 Å². The Balaban J connectivity index is 3.53. The van der Waals surface area contributed by atoms with E-state index >= 15 is 0 Å². The molecule has 0 saturated heterocycles. The van der Waals surface area contributed by atoms with Crippen LogP contribution in [0.1, 0.15) is 6.92 Å². The lowest BCUT2D eigenvalue weighted by molar-refractivity contribution is -0.117. The lowest BCUT2D eigenvalue weighted by Gasteiger charge is -2.06. The molecule has 1 unspecified atom stereocenters. The second-order valence-corrected chi connectivity index (χ2v) is 3.79. The molecule has 0 aromatic rings. The molecule has 0 fully saturated rings. The summed E-state index contributed by atoms with van der Waals surface area (Å²) in [6.07, 6.45) is -0.827. The lowest BCUT2D eigenvalue weighted by Crippen LogP contribution is -2.40. The number of amides is 3. The summed E-state index contributed by atoms with van der Waals surface area (Å²) in [5.41, 5.74) is 0. The summed E-state index contributed by atoms with van der Waals surface area (Å²) in [6, 6.07) is -0.522. The van der Waals surface area contributed by atoms with Gasteiger partial charge in [-0.1, -0.05) is 0 Å². The monoisotopic (exact) mass is 236 g/mol. The zero-order chi connectivity index (χ0) is 11.7. The van der Waals surface area contributed by atoms with Crippen LogP contribution in [0.5, 0.6) is 0 Å². The quantitative estimate of drug-likeness (QED) is 0.470. The second kappa shape index (κ2) is 8.51. The van der Waals surface area contributed by atoms with Crippen LogP contribution in [0, 0.1) is 0 Å². The highest BCUT2D eigenvalue weighted by atomic mass is 32.2. The Labute approximate surface area is 92.4 Å². The summed E-state index contributed by atoms with van der Waals surface area (Å²) in [4.78, 5) is 21.9. The Morgan fingerprint density at radius 1 is 1.47 bits per heavy atom. The maximum atomic E-state index is 11.1. The van der Waals surface area contributed by atoms with Crippen LogP contribution in [0.3, 0.4) is 0 Å². The number of rotatable bonds is 6. The average Bonchev–Trinajstić information content (AvgIpc) is 2.17. The predicted molar refractivity (Wildman–Crippen MR) is 57.6 cm³/mol. The van der Waals surface area contributed by atoms with Crippen LogP contribution in [0.15, 0.2) is 0 Å². The van der Waals surface area contributed by atoms with Gasteiger partial charge in [-0.25, -0.2) is 4.79 Å². The number of aliphatic hydroxyl groups is 2. The number of carbonyl (C=O) groups is 2. The smallest absolute Gasteiger partial charge is 0.321 e.